The van der Waals surface area contributed by atoms with Crippen molar-refractivity contribution in [1.29, 1.82) is 0 Å². The summed E-state index contributed by atoms with van der Waals surface area (Å²) in [6.07, 6.45) is 0. The molecule has 0 aliphatic heterocycles. The smallest absolute Gasteiger partial charge is 0.238 e. The van der Waals surface area contributed by atoms with E-state index in [1.54, 1.807) is 18.9 Å². The molecule has 1 rings (SSSR count). The van der Waals surface area contributed by atoms with Gasteiger partial charge in [-0.3, -0.25) is 9.69 Å². The average Bonchev–Trinajstić information content (AvgIpc) is 2.41. The number of nitrogens with zero attached hydrogens (tertiary/aromatic N) is 1. The Morgan fingerprint density at radius 1 is 1.43 bits per heavy atom. The van der Waals surface area contributed by atoms with Gasteiger partial charge in [-0.05, 0) is 25.2 Å². The number of carbonyl (C=O) groups excluding carboxylic acids is 1. The highest BCUT2D eigenvalue weighted by Gasteiger charge is 2.25. The summed E-state index contributed by atoms with van der Waals surface area (Å²) in [6, 6.07) is 3.72. The standard InChI is InChI=1S/C14H20ClFN2O3/c1-14(8-19,9-20)7-18(2)6-13(21)17-12-4-3-10(16)5-11(12)15/h3-5,19-20H,6-9H2,1-2H3,(H,17,21). The minimum Gasteiger partial charge on any atom is -0.396 e. The fourth-order valence-corrected chi connectivity index (χ4v) is 2.10. The molecule has 1 amide bonds. The van der Waals surface area contributed by atoms with E-state index in [0.717, 1.165) is 6.07 Å². The highest BCUT2D eigenvalue weighted by molar-refractivity contribution is 6.33. The fraction of sp³-hybridized carbons (Fsp3) is 0.500. The second-order valence-corrected chi connectivity index (χ2v) is 5.88. The molecule has 21 heavy (non-hydrogen) atoms. The zero-order valence-electron chi connectivity index (χ0n) is 12.1. The van der Waals surface area contributed by atoms with Crippen molar-refractivity contribution in [3.63, 3.8) is 0 Å². The molecule has 1 aromatic rings. The summed E-state index contributed by atoms with van der Waals surface area (Å²) in [5.41, 5.74) is -0.341. The van der Waals surface area contributed by atoms with Crippen LogP contribution in [0.15, 0.2) is 18.2 Å². The third-order valence-electron chi connectivity index (χ3n) is 3.03. The lowest BCUT2D eigenvalue weighted by Gasteiger charge is -2.29. The van der Waals surface area contributed by atoms with Gasteiger partial charge in [0.25, 0.3) is 0 Å². The molecule has 0 aliphatic carbocycles. The lowest BCUT2D eigenvalue weighted by atomic mass is 9.92. The number of benzene rings is 1. The Hall–Kier alpha value is -1.21. The van der Waals surface area contributed by atoms with Gasteiger partial charge in [-0.2, -0.15) is 0 Å². The Bertz CT molecular complexity index is 495. The summed E-state index contributed by atoms with van der Waals surface area (Å²) in [5, 5.41) is 21.2. The SMILES string of the molecule is CN(CC(=O)Nc1ccc(F)cc1Cl)CC(C)(CO)CO. The van der Waals surface area contributed by atoms with Crippen molar-refractivity contribution in [1.82, 2.24) is 4.90 Å². The zero-order valence-corrected chi connectivity index (χ0v) is 12.8. The van der Waals surface area contributed by atoms with Crippen molar-refractivity contribution >= 4 is 23.2 Å². The van der Waals surface area contributed by atoms with Crippen LogP contribution in [0.25, 0.3) is 0 Å². The van der Waals surface area contributed by atoms with E-state index < -0.39 is 11.2 Å². The van der Waals surface area contributed by atoms with Gasteiger partial charge in [0.1, 0.15) is 5.82 Å². The predicted octanol–water partition coefficient (Wildman–Crippen LogP) is 1.34. The molecule has 5 nitrogen and oxygen atoms in total. The molecular weight excluding hydrogens is 299 g/mol. The molecule has 7 heteroatoms. The Labute approximate surface area is 128 Å². The van der Waals surface area contributed by atoms with E-state index in [-0.39, 0.29) is 30.7 Å². The Morgan fingerprint density at radius 2 is 2.05 bits per heavy atom. The van der Waals surface area contributed by atoms with Crippen molar-refractivity contribution in [2.75, 3.05) is 38.7 Å². The summed E-state index contributed by atoms with van der Waals surface area (Å²) < 4.78 is 12.9. The number of hydrogen-bond acceptors (Lipinski definition) is 4. The topological polar surface area (TPSA) is 72.8 Å². The van der Waals surface area contributed by atoms with Crippen LogP contribution in [0.1, 0.15) is 6.92 Å². The number of carbonyl (C=O) groups is 1. The first-order valence-corrected chi connectivity index (χ1v) is 6.82. The minimum absolute atomic E-state index is 0.0588. The van der Waals surface area contributed by atoms with E-state index in [1.165, 1.54) is 12.1 Å². The number of anilines is 1. The van der Waals surface area contributed by atoms with Crippen molar-refractivity contribution in [2.24, 2.45) is 5.41 Å². The molecule has 0 spiro atoms. The van der Waals surface area contributed by atoms with Gasteiger partial charge in [0.05, 0.1) is 30.5 Å². The van der Waals surface area contributed by atoms with E-state index in [2.05, 4.69) is 5.32 Å². The summed E-state index contributed by atoms with van der Waals surface area (Å²) in [7, 11) is 1.70. The number of amides is 1. The molecule has 0 heterocycles. The predicted molar refractivity (Wildman–Crippen MR) is 79.8 cm³/mol. The van der Waals surface area contributed by atoms with Crippen molar-refractivity contribution in [2.45, 2.75) is 6.92 Å². The molecule has 0 fully saturated rings. The fourth-order valence-electron chi connectivity index (χ4n) is 1.88. The van der Waals surface area contributed by atoms with Crippen LogP contribution in [0.3, 0.4) is 0 Å². The Morgan fingerprint density at radius 3 is 2.57 bits per heavy atom. The lowest BCUT2D eigenvalue weighted by molar-refractivity contribution is -0.117. The second-order valence-electron chi connectivity index (χ2n) is 5.47. The van der Waals surface area contributed by atoms with Crippen LogP contribution in [0.2, 0.25) is 5.02 Å². The molecule has 0 saturated heterocycles. The van der Waals surface area contributed by atoms with Crippen molar-refractivity contribution in [3.8, 4) is 0 Å². The molecule has 0 aliphatic rings. The molecule has 0 radical (unpaired) electrons. The summed E-state index contributed by atoms with van der Waals surface area (Å²) >= 11 is 5.83. The molecule has 0 bridgehead atoms. The number of halogens is 2. The van der Waals surface area contributed by atoms with Crippen LogP contribution in [0.5, 0.6) is 0 Å². The number of likely N-dealkylation sites (N-methyl/N-ethyl adjacent to an activating group) is 1. The van der Waals surface area contributed by atoms with E-state index >= 15 is 0 Å². The molecule has 0 aromatic heterocycles. The minimum atomic E-state index is -0.678. The highest BCUT2D eigenvalue weighted by Crippen LogP contribution is 2.22. The van der Waals surface area contributed by atoms with Gasteiger partial charge in [0, 0.05) is 12.0 Å². The number of aliphatic hydroxyl groups is 2. The average molecular weight is 319 g/mol. The van der Waals surface area contributed by atoms with Gasteiger partial charge >= 0.3 is 0 Å². The first-order chi connectivity index (χ1) is 9.79. The number of hydrogen-bond donors (Lipinski definition) is 3. The molecule has 0 saturated carbocycles. The first-order valence-electron chi connectivity index (χ1n) is 6.45. The van der Waals surface area contributed by atoms with Crippen LogP contribution >= 0.6 is 11.6 Å². The van der Waals surface area contributed by atoms with Crippen molar-refractivity contribution in [3.05, 3.63) is 29.0 Å². The second kappa shape index (κ2) is 7.70. The molecule has 1 aromatic carbocycles. The van der Waals surface area contributed by atoms with Crippen LogP contribution < -0.4 is 5.32 Å². The largest absolute Gasteiger partial charge is 0.396 e. The molecule has 3 N–H and O–H groups in total. The maximum absolute atomic E-state index is 12.9. The van der Waals surface area contributed by atoms with Crippen LogP contribution in [-0.2, 0) is 4.79 Å². The molecular formula is C14H20ClFN2O3. The lowest BCUT2D eigenvalue weighted by Crippen LogP contribution is -2.41. The van der Waals surface area contributed by atoms with Crippen molar-refractivity contribution < 1.29 is 19.4 Å². The third-order valence-corrected chi connectivity index (χ3v) is 3.35. The number of aliphatic hydroxyl groups excluding tert-OH is 2. The van der Waals surface area contributed by atoms with Crippen LogP contribution in [0, 0.1) is 11.2 Å². The first kappa shape index (κ1) is 17.8. The monoisotopic (exact) mass is 318 g/mol. The number of rotatable bonds is 7. The normalized spacial score (nSPS) is 11.8. The number of nitrogens with one attached hydrogen (secondary N) is 1. The van der Waals surface area contributed by atoms with Gasteiger partial charge < -0.3 is 15.5 Å². The Balaban J connectivity index is 2.57. The van der Waals surface area contributed by atoms with E-state index in [9.17, 15) is 19.4 Å². The summed E-state index contributed by atoms with van der Waals surface area (Å²) in [5.74, 6) is -0.791. The molecule has 118 valence electrons. The summed E-state index contributed by atoms with van der Waals surface area (Å²) in [6.45, 7) is 1.77. The maximum atomic E-state index is 12.9. The molecule has 0 unspecified atom stereocenters. The molecule has 0 atom stereocenters. The van der Waals surface area contributed by atoms with E-state index in [1.807, 2.05) is 0 Å². The van der Waals surface area contributed by atoms with Crippen LogP contribution in [-0.4, -0.2) is 54.4 Å². The van der Waals surface area contributed by atoms with E-state index in [4.69, 9.17) is 11.6 Å². The van der Waals surface area contributed by atoms with Crippen LogP contribution in [0.4, 0.5) is 10.1 Å². The maximum Gasteiger partial charge on any atom is 0.238 e. The van der Waals surface area contributed by atoms with Gasteiger partial charge in [-0.1, -0.05) is 18.5 Å². The van der Waals surface area contributed by atoms with Gasteiger partial charge in [0.2, 0.25) is 5.91 Å². The highest BCUT2D eigenvalue weighted by atomic mass is 35.5. The zero-order chi connectivity index (χ0) is 16.0. The van der Waals surface area contributed by atoms with E-state index in [0.29, 0.717) is 12.2 Å². The summed E-state index contributed by atoms with van der Waals surface area (Å²) in [4.78, 5) is 13.6. The quantitative estimate of drug-likeness (QED) is 0.709. The van der Waals surface area contributed by atoms with Gasteiger partial charge in [-0.15, -0.1) is 0 Å². The van der Waals surface area contributed by atoms with Gasteiger partial charge in [-0.25, -0.2) is 4.39 Å². The Kier molecular flexibility index (Phi) is 6.54. The van der Waals surface area contributed by atoms with Gasteiger partial charge in [0.15, 0.2) is 0 Å². The third kappa shape index (κ3) is 5.59.